The number of rotatable bonds is 3. The monoisotopic (exact) mass is 182 g/mol. The molecule has 0 radical (unpaired) electrons. The predicted octanol–water partition coefficient (Wildman–Crippen LogP) is 0.780. The SMILES string of the molecule is C[C@@H]([C@@H](O)c1ccncc1)[N+](=O)[O-]. The highest BCUT2D eigenvalue weighted by atomic mass is 16.6. The minimum absolute atomic E-state index is 0.509. The van der Waals surface area contributed by atoms with E-state index in [0.29, 0.717) is 5.56 Å². The lowest BCUT2D eigenvalue weighted by Gasteiger charge is -2.11. The Morgan fingerprint density at radius 2 is 2.08 bits per heavy atom. The third kappa shape index (κ3) is 2.22. The van der Waals surface area contributed by atoms with E-state index >= 15 is 0 Å². The van der Waals surface area contributed by atoms with E-state index in [0.717, 1.165) is 0 Å². The van der Waals surface area contributed by atoms with Crippen molar-refractivity contribution < 1.29 is 10.0 Å². The van der Waals surface area contributed by atoms with Crippen LogP contribution in [-0.4, -0.2) is 21.1 Å². The van der Waals surface area contributed by atoms with E-state index in [1.54, 1.807) is 12.1 Å². The third-order valence-electron chi connectivity index (χ3n) is 1.84. The van der Waals surface area contributed by atoms with Crippen LogP contribution in [0.5, 0.6) is 0 Å². The molecular formula is C8H10N2O3. The summed E-state index contributed by atoms with van der Waals surface area (Å²) in [5.74, 6) is 0. The fourth-order valence-electron chi connectivity index (χ4n) is 0.954. The molecule has 1 heterocycles. The molecule has 1 N–H and O–H groups in total. The average Bonchev–Trinajstić information content (AvgIpc) is 2.17. The molecule has 0 amide bonds. The van der Waals surface area contributed by atoms with Gasteiger partial charge in [0.25, 0.3) is 0 Å². The van der Waals surface area contributed by atoms with Crippen molar-refractivity contribution >= 4 is 0 Å². The number of pyridine rings is 1. The predicted molar refractivity (Wildman–Crippen MR) is 45.7 cm³/mol. The van der Waals surface area contributed by atoms with Gasteiger partial charge < -0.3 is 5.11 Å². The molecule has 2 atom stereocenters. The lowest BCUT2D eigenvalue weighted by molar-refractivity contribution is -0.531. The summed E-state index contributed by atoms with van der Waals surface area (Å²) in [6.07, 6.45) is 1.91. The Morgan fingerprint density at radius 3 is 2.54 bits per heavy atom. The van der Waals surface area contributed by atoms with E-state index in [9.17, 15) is 15.2 Å². The molecule has 0 spiro atoms. The maximum Gasteiger partial charge on any atom is 0.239 e. The number of nitro groups is 1. The minimum atomic E-state index is -1.07. The van der Waals surface area contributed by atoms with Gasteiger partial charge in [0.1, 0.15) is 6.10 Å². The van der Waals surface area contributed by atoms with Gasteiger partial charge in [0.05, 0.1) is 0 Å². The summed E-state index contributed by atoms with van der Waals surface area (Å²) < 4.78 is 0. The van der Waals surface area contributed by atoms with Gasteiger partial charge in [-0.2, -0.15) is 0 Å². The Labute approximate surface area is 75.2 Å². The molecule has 5 heteroatoms. The molecule has 0 fully saturated rings. The van der Waals surface area contributed by atoms with Crippen LogP contribution >= 0.6 is 0 Å². The van der Waals surface area contributed by atoms with Gasteiger partial charge in [-0.05, 0) is 17.7 Å². The van der Waals surface area contributed by atoms with Crippen LogP contribution in [0.4, 0.5) is 0 Å². The number of hydrogen-bond acceptors (Lipinski definition) is 4. The number of aliphatic hydroxyl groups is 1. The largest absolute Gasteiger partial charge is 0.381 e. The molecular weight excluding hydrogens is 172 g/mol. The second-order valence-corrected chi connectivity index (χ2v) is 2.75. The Morgan fingerprint density at radius 1 is 1.54 bits per heavy atom. The quantitative estimate of drug-likeness (QED) is 0.553. The van der Waals surface area contributed by atoms with Gasteiger partial charge in [0, 0.05) is 24.2 Å². The van der Waals surface area contributed by atoms with Crippen LogP contribution in [0.25, 0.3) is 0 Å². The van der Waals surface area contributed by atoms with Crippen molar-refractivity contribution in [3.8, 4) is 0 Å². The maximum atomic E-state index is 10.3. The lowest BCUT2D eigenvalue weighted by atomic mass is 10.1. The Balaban J connectivity index is 2.79. The van der Waals surface area contributed by atoms with Crippen molar-refractivity contribution in [2.24, 2.45) is 0 Å². The first-order valence-electron chi connectivity index (χ1n) is 3.84. The van der Waals surface area contributed by atoms with Crippen LogP contribution in [-0.2, 0) is 0 Å². The van der Waals surface area contributed by atoms with E-state index in [1.165, 1.54) is 19.3 Å². The van der Waals surface area contributed by atoms with Gasteiger partial charge >= 0.3 is 0 Å². The van der Waals surface area contributed by atoms with Gasteiger partial charge in [-0.25, -0.2) is 0 Å². The van der Waals surface area contributed by atoms with Crippen molar-refractivity contribution in [1.82, 2.24) is 4.98 Å². The third-order valence-corrected chi connectivity index (χ3v) is 1.84. The van der Waals surface area contributed by atoms with E-state index < -0.39 is 17.1 Å². The number of nitrogens with zero attached hydrogens (tertiary/aromatic N) is 2. The Bertz CT molecular complexity index is 289. The zero-order chi connectivity index (χ0) is 9.84. The van der Waals surface area contributed by atoms with Crippen LogP contribution in [0.1, 0.15) is 18.6 Å². The van der Waals surface area contributed by atoms with Crippen molar-refractivity contribution in [2.75, 3.05) is 0 Å². The summed E-state index contributed by atoms with van der Waals surface area (Å²) in [6, 6.07) is 2.12. The summed E-state index contributed by atoms with van der Waals surface area (Å²) in [5, 5.41) is 19.8. The smallest absolute Gasteiger partial charge is 0.239 e. The van der Waals surface area contributed by atoms with Gasteiger partial charge in [-0.3, -0.25) is 15.1 Å². The number of hydrogen-bond donors (Lipinski definition) is 1. The molecule has 0 unspecified atom stereocenters. The van der Waals surface area contributed by atoms with Gasteiger partial charge in [-0.1, -0.05) is 0 Å². The fourth-order valence-corrected chi connectivity index (χ4v) is 0.954. The molecule has 5 nitrogen and oxygen atoms in total. The molecule has 0 aliphatic rings. The minimum Gasteiger partial charge on any atom is -0.381 e. The Kier molecular flexibility index (Phi) is 2.92. The highest BCUT2D eigenvalue weighted by molar-refractivity contribution is 5.13. The molecule has 0 saturated carbocycles. The van der Waals surface area contributed by atoms with Crippen molar-refractivity contribution in [3.05, 3.63) is 40.2 Å². The van der Waals surface area contributed by atoms with Crippen molar-refractivity contribution in [3.63, 3.8) is 0 Å². The van der Waals surface area contributed by atoms with Crippen LogP contribution in [0.2, 0.25) is 0 Å². The van der Waals surface area contributed by atoms with Crippen LogP contribution in [0.15, 0.2) is 24.5 Å². The summed E-state index contributed by atoms with van der Waals surface area (Å²) in [5.41, 5.74) is 0.513. The highest BCUT2D eigenvalue weighted by Crippen LogP contribution is 2.16. The first kappa shape index (κ1) is 9.60. The van der Waals surface area contributed by atoms with Crippen LogP contribution < -0.4 is 0 Å². The van der Waals surface area contributed by atoms with Crippen molar-refractivity contribution in [1.29, 1.82) is 0 Å². The van der Waals surface area contributed by atoms with E-state index in [4.69, 9.17) is 0 Å². The van der Waals surface area contributed by atoms with Gasteiger partial charge in [0.15, 0.2) is 0 Å². The second kappa shape index (κ2) is 3.95. The van der Waals surface area contributed by atoms with E-state index in [2.05, 4.69) is 4.98 Å². The first-order chi connectivity index (χ1) is 6.13. The topological polar surface area (TPSA) is 76.3 Å². The molecule has 1 aromatic heterocycles. The van der Waals surface area contributed by atoms with Gasteiger partial charge in [-0.15, -0.1) is 0 Å². The molecule has 13 heavy (non-hydrogen) atoms. The van der Waals surface area contributed by atoms with E-state index in [1.807, 2.05) is 0 Å². The average molecular weight is 182 g/mol. The molecule has 70 valence electrons. The maximum absolute atomic E-state index is 10.3. The molecule has 0 aliphatic heterocycles. The summed E-state index contributed by atoms with van der Waals surface area (Å²) in [7, 11) is 0. The fraction of sp³-hybridized carbons (Fsp3) is 0.375. The molecule has 1 aromatic rings. The highest BCUT2D eigenvalue weighted by Gasteiger charge is 2.25. The van der Waals surface area contributed by atoms with Gasteiger partial charge in [0.2, 0.25) is 6.04 Å². The van der Waals surface area contributed by atoms with Crippen LogP contribution in [0, 0.1) is 10.1 Å². The first-order valence-corrected chi connectivity index (χ1v) is 3.84. The molecule has 0 saturated heterocycles. The molecule has 0 aromatic carbocycles. The summed E-state index contributed by atoms with van der Waals surface area (Å²) in [4.78, 5) is 13.6. The van der Waals surface area contributed by atoms with Crippen molar-refractivity contribution in [2.45, 2.75) is 19.1 Å². The Hall–Kier alpha value is -1.49. The lowest BCUT2D eigenvalue weighted by Crippen LogP contribution is -2.23. The molecule has 1 rings (SSSR count). The number of aliphatic hydroxyl groups excluding tert-OH is 1. The molecule has 0 aliphatic carbocycles. The number of aromatic nitrogens is 1. The zero-order valence-corrected chi connectivity index (χ0v) is 7.12. The van der Waals surface area contributed by atoms with Crippen LogP contribution in [0.3, 0.4) is 0 Å². The summed E-state index contributed by atoms with van der Waals surface area (Å²) >= 11 is 0. The second-order valence-electron chi connectivity index (χ2n) is 2.75. The zero-order valence-electron chi connectivity index (χ0n) is 7.12. The summed E-state index contributed by atoms with van der Waals surface area (Å²) in [6.45, 7) is 1.37. The molecule has 0 bridgehead atoms. The normalized spacial score (nSPS) is 14.9. The van der Waals surface area contributed by atoms with E-state index in [-0.39, 0.29) is 0 Å². The standard InChI is InChI=1S/C8H10N2O3/c1-6(10(12)13)8(11)7-2-4-9-5-3-7/h2-6,8,11H,1H3/t6-,8+/m0/s1.